The molecule has 1 aliphatic heterocycles. The van der Waals surface area contributed by atoms with Crippen LogP contribution >= 0.6 is 0 Å². The van der Waals surface area contributed by atoms with Gasteiger partial charge in [-0.3, -0.25) is 0 Å². The van der Waals surface area contributed by atoms with Gasteiger partial charge in [-0.15, -0.1) is 0 Å². The maximum absolute atomic E-state index is 12.6. The van der Waals surface area contributed by atoms with E-state index in [1.807, 2.05) is 48.2 Å². The van der Waals surface area contributed by atoms with Crippen molar-refractivity contribution in [3.63, 3.8) is 0 Å². The number of hydrogen-bond donors (Lipinski definition) is 1. The van der Waals surface area contributed by atoms with Crippen LogP contribution in [0.2, 0.25) is 0 Å². The Kier molecular flexibility index (Phi) is 6.22. The highest BCUT2D eigenvalue weighted by molar-refractivity contribution is 5.74. The average molecular weight is 367 g/mol. The second-order valence-electron chi connectivity index (χ2n) is 7.21. The molecule has 2 aromatic carbocycles. The Morgan fingerprint density at radius 2 is 1.56 bits per heavy atom. The van der Waals surface area contributed by atoms with Crippen molar-refractivity contribution in [2.24, 2.45) is 0 Å². The van der Waals surface area contributed by atoms with Crippen LogP contribution in [0.3, 0.4) is 0 Å². The molecule has 1 heterocycles. The molecule has 0 aromatic heterocycles. The molecular formula is C22H29N3O2. The lowest BCUT2D eigenvalue weighted by molar-refractivity contribution is 0.150. The zero-order valence-electron chi connectivity index (χ0n) is 16.4. The fraction of sp³-hybridized carbons (Fsp3) is 0.409. The summed E-state index contributed by atoms with van der Waals surface area (Å²) in [6, 6.07) is 18.2. The number of carbonyl (C=O) groups is 1. The highest BCUT2D eigenvalue weighted by Gasteiger charge is 2.22. The van der Waals surface area contributed by atoms with Gasteiger partial charge in [-0.2, -0.15) is 0 Å². The van der Waals surface area contributed by atoms with Gasteiger partial charge in [0.1, 0.15) is 5.75 Å². The summed E-state index contributed by atoms with van der Waals surface area (Å²) in [7, 11) is 0. The molecule has 5 heteroatoms. The molecule has 144 valence electrons. The lowest BCUT2D eigenvalue weighted by Crippen LogP contribution is -2.54. The summed E-state index contributed by atoms with van der Waals surface area (Å²) in [5.74, 6) is 1.20. The number of anilines is 1. The number of nitrogens with zero attached hydrogens (tertiary/aromatic N) is 2. The highest BCUT2D eigenvalue weighted by atomic mass is 16.5. The van der Waals surface area contributed by atoms with E-state index in [1.165, 1.54) is 5.69 Å². The Balaban J connectivity index is 1.51. The number of ether oxygens (including phenoxy) is 1. The third-order valence-electron chi connectivity index (χ3n) is 4.86. The van der Waals surface area contributed by atoms with Crippen LogP contribution in [0.4, 0.5) is 10.5 Å². The summed E-state index contributed by atoms with van der Waals surface area (Å²) in [5, 5.41) is 2.97. The molecule has 0 bridgehead atoms. The van der Waals surface area contributed by atoms with Gasteiger partial charge in [0, 0.05) is 31.9 Å². The fourth-order valence-electron chi connectivity index (χ4n) is 3.36. The van der Waals surface area contributed by atoms with Crippen molar-refractivity contribution >= 4 is 11.7 Å². The molecule has 1 saturated heterocycles. The van der Waals surface area contributed by atoms with Gasteiger partial charge >= 0.3 is 6.03 Å². The zero-order chi connectivity index (χ0) is 19.2. The standard InChI is InChI=1S/C22H29N3O2/c1-17(2)20-11-7-8-12-21(20)27-18(3)23-22(26)25-15-13-24(14-16-25)19-9-5-4-6-10-19/h4-12,17-18H,13-16H2,1-3H3,(H,23,26). The number of amides is 2. The second kappa shape index (κ2) is 8.80. The first-order valence-electron chi connectivity index (χ1n) is 9.65. The van der Waals surface area contributed by atoms with Gasteiger partial charge in [-0.05, 0) is 36.6 Å². The predicted molar refractivity (Wildman–Crippen MR) is 109 cm³/mol. The number of piperazine rings is 1. The summed E-state index contributed by atoms with van der Waals surface area (Å²) < 4.78 is 5.99. The number of benzene rings is 2. The molecule has 1 unspecified atom stereocenters. The Bertz CT molecular complexity index is 740. The van der Waals surface area contributed by atoms with Crippen molar-refractivity contribution in [2.45, 2.75) is 32.9 Å². The predicted octanol–water partition coefficient (Wildman–Crippen LogP) is 4.07. The number of urea groups is 1. The Morgan fingerprint density at radius 3 is 2.22 bits per heavy atom. The van der Waals surface area contributed by atoms with Crippen LogP contribution in [0.1, 0.15) is 32.3 Å². The van der Waals surface area contributed by atoms with E-state index in [0.717, 1.165) is 24.4 Å². The molecule has 2 amide bonds. The van der Waals surface area contributed by atoms with Crippen LogP contribution in [0.25, 0.3) is 0 Å². The second-order valence-corrected chi connectivity index (χ2v) is 7.21. The third kappa shape index (κ3) is 4.94. The molecule has 1 fully saturated rings. The molecule has 0 radical (unpaired) electrons. The number of rotatable bonds is 5. The molecule has 5 nitrogen and oxygen atoms in total. The quantitative estimate of drug-likeness (QED) is 0.811. The fourth-order valence-corrected chi connectivity index (χ4v) is 3.36. The largest absolute Gasteiger partial charge is 0.471 e. The third-order valence-corrected chi connectivity index (χ3v) is 4.86. The van der Waals surface area contributed by atoms with Crippen molar-refractivity contribution in [3.05, 3.63) is 60.2 Å². The summed E-state index contributed by atoms with van der Waals surface area (Å²) in [6.45, 7) is 9.22. The Hall–Kier alpha value is -2.69. The Labute approximate surface area is 161 Å². The Morgan fingerprint density at radius 1 is 0.926 bits per heavy atom. The summed E-state index contributed by atoms with van der Waals surface area (Å²) >= 11 is 0. The number of carbonyl (C=O) groups excluding carboxylic acids is 1. The minimum absolute atomic E-state index is 0.0720. The summed E-state index contributed by atoms with van der Waals surface area (Å²) in [5.41, 5.74) is 2.36. The van der Waals surface area contributed by atoms with Gasteiger partial charge < -0.3 is 19.9 Å². The van der Waals surface area contributed by atoms with Crippen LogP contribution in [-0.2, 0) is 0 Å². The van der Waals surface area contributed by atoms with E-state index in [4.69, 9.17) is 4.74 Å². The molecule has 2 aromatic rings. The molecule has 0 spiro atoms. The maximum atomic E-state index is 12.6. The van der Waals surface area contributed by atoms with E-state index >= 15 is 0 Å². The lowest BCUT2D eigenvalue weighted by Gasteiger charge is -2.36. The molecule has 1 N–H and O–H groups in total. The van der Waals surface area contributed by atoms with E-state index in [-0.39, 0.29) is 12.3 Å². The number of nitrogens with one attached hydrogen (secondary N) is 1. The van der Waals surface area contributed by atoms with Gasteiger partial charge in [0.15, 0.2) is 6.23 Å². The van der Waals surface area contributed by atoms with Gasteiger partial charge in [-0.25, -0.2) is 4.79 Å². The maximum Gasteiger partial charge on any atom is 0.320 e. The van der Waals surface area contributed by atoms with Crippen LogP contribution in [-0.4, -0.2) is 43.3 Å². The zero-order valence-corrected chi connectivity index (χ0v) is 16.4. The first kappa shape index (κ1) is 19.1. The molecule has 1 aliphatic rings. The van der Waals surface area contributed by atoms with Gasteiger partial charge in [0.25, 0.3) is 0 Å². The van der Waals surface area contributed by atoms with E-state index < -0.39 is 0 Å². The smallest absolute Gasteiger partial charge is 0.320 e. The van der Waals surface area contributed by atoms with Crippen molar-refractivity contribution < 1.29 is 9.53 Å². The van der Waals surface area contributed by atoms with Gasteiger partial charge in [-0.1, -0.05) is 50.2 Å². The van der Waals surface area contributed by atoms with E-state index in [9.17, 15) is 4.79 Å². The van der Waals surface area contributed by atoms with Gasteiger partial charge in [0.2, 0.25) is 0 Å². The molecular weight excluding hydrogens is 338 g/mol. The molecule has 0 aliphatic carbocycles. The molecule has 3 rings (SSSR count). The van der Waals surface area contributed by atoms with Crippen molar-refractivity contribution in [2.75, 3.05) is 31.1 Å². The number of para-hydroxylation sites is 2. The summed E-state index contributed by atoms with van der Waals surface area (Å²) in [4.78, 5) is 16.7. The monoisotopic (exact) mass is 367 g/mol. The highest BCUT2D eigenvalue weighted by Crippen LogP contribution is 2.26. The minimum atomic E-state index is -0.385. The molecule has 1 atom stereocenters. The van der Waals surface area contributed by atoms with Crippen LogP contribution in [0, 0.1) is 0 Å². The SMILES string of the molecule is CC(NC(=O)N1CCN(c2ccccc2)CC1)Oc1ccccc1C(C)C. The minimum Gasteiger partial charge on any atom is -0.471 e. The van der Waals surface area contributed by atoms with Crippen LogP contribution in [0.15, 0.2) is 54.6 Å². The molecule has 27 heavy (non-hydrogen) atoms. The van der Waals surface area contributed by atoms with Crippen molar-refractivity contribution in [3.8, 4) is 5.75 Å². The van der Waals surface area contributed by atoms with Crippen molar-refractivity contribution in [1.29, 1.82) is 0 Å². The first-order valence-corrected chi connectivity index (χ1v) is 9.65. The van der Waals surface area contributed by atoms with E-state index in [0.29, 0.717) is 19.0 Å². The first-order chi connectivity index (χ1) is 13.0. The van der Waals surface area contributed by atoms with E-state index in [1.54, 1.807) is 0 Å². The molecule has 0 saturated carbocycles. The normalized spacial score (nSPS) is 15.6. The van der Waals surface area contributed by atoms with Crippen molar-refractivity contribution in [1.82, 2.24) is 10.2 Å². The summed E-state index contributed by atoms with van der Waals surface area (Å²) in [6.07, 6.45) is -0.385. The number of hydrogen-bond acceptors (Lipinski definition) is 3. The lowest BCUT2D eigenvalue weighted by atomic mass is 10.0. The van der Waals surface area contributed by atoms with Crippen LogP contribution < -0.4 is 15.0 Å². The topological polar surface area (TPSA) is 44.8 Å². The van der Waals surface area contributed by atoms with E-state index in [2.05, 4.69) is 42.3 Å². The average Bonchev–Trinajstić information content (AvgIpc) is 2.69. The van der Waals surface area contributed by atoms with Gasteiger partial charge in [0.05, 0.1) is 0 Å². The van der Waals surface area contributed by atoms with Crippen LogP contribution in [0.5, 0.6) is 5.75 Å².